The summed E-state index contributed by atoms with van der Waals surface area (Å²) in [4.78, 5) is 39.7. The number of nitrogens with zero attached hydrogens (tertiary/aromatic N) is 2. The number of carbonyl (C=O) groups excluding carboxylic acids is 3. The van der Waals surface area contributed by atoms with E-state index in [0.29, 0.717) is 30.4 Å². The Morgan fingerprint density at radius 1 is 0.971 bits per heavy atom. The molecule has 2 aromatic carbocycles. The summed E-state index contributed by atoms with van der Waals surface area (Å²) >= 11 is 3.45. The summed E-state index contributed by atoms with van der Waals surface area (Å²) in [6.07, 6.45) is 3.29. The Bertz CT molecular complexity index is 1300. The van der Waals surface area contributed by atoms with Gasteiger partial charge in [-0.25, -0.2) is 9.69 Å². The zero-order chi connectivity index (χ0) is 24.2. The molecule has 3 aromatic rings. The second-order valence-electron chi connectivity index (χ2n) is 7.24. The molecular weight excluding hydrogens is 502 g/mol. The molecule has 4 amide bonds. The van der Waals surface area contributed by atoms with Gasteiger partial charge in [0.25, 0.3) is 11.8 Å². The molecular formula is C25H22BrN3O5. The van der Waals surface area contributed by atoms with Gasteiger partial charge in [-0.3, -0.25) is 14.9 Å². The lowest BCUT2D eigenvalue weighted by molar-refractivity contribution is -0.122. The van der Waals surface area contributed by atoms with Crippen LogP contribution in [-0.4, -0.2) is 35.6 Å². The highest BCUT2D eigenvalue weighted by Crippen LogP contribution is 2.35. The van der Waals surface area contributed by atoms with Crippen LogP contribution in [0.3, 0.4) is 0 Å². The molecule has 1 N–H and O–H groups in total. The quantitative estimate of drug-likeness (QED) is 0.358. The maximum atomic E-state index is 13.4. The van der Waals surface area contributed by atoms with Gasteiger partial charge >= 0.3 is 6.03 Å². The fourth-order valence-corrected chi connectivity index (χ4v) is 3.99. The number of benzene rings is 2. The number of carbonyl (C=O) groups is 3. The van der Waals surface area contributed by atoms with E-state index in [2.05, 4.69) is 21.2 Å². The average Bonchev–Trinajstić information content (AvgIpc) is 3.27. The van der Waals surface area contributed by atoms with E-state index in [1.54, 1.807) is 37.3 Å². The highest BCUT2D eigenvalue weighted by atomic mass is 79.9. The third-order valence-electron chi connectivity index (χ3n) is 5.04. The standard InChI is InChI=1S/C25H22BrN3O5/c1-3-33-19-10-11-21(22(15-19)34-4-2)29-24(31)20(23(30)27-25(29)32)14-18-9-6-12-28(18)17-8-5-7-16(26)13-17/h5-15H,3-4H2,1-2H3,(H,27,30,32)/b20-14+. The molecule has 0 aliphatic carbocycles. The van der Waals surface area contributed by atoms with Crippen molar-refractivity contribution in [1.82, 2.24) is 9.88 Å². The maximum absolute atomic E-state index is 13.4. The summed E-state index contributed by atoms with van der Waals surface area (Å²) in [5.41, 5.74) is 1.48. The first kappa shape index (κ1) is 23.3. The Labute approximate surface area is 204 Å². The van der Waals surface area contributed by atoms with Crippen molar-refractivity contribution in [2.75, 3.05) is 18.1 Å². The zero-order valence-electron chi connectivity index (χ0n) is 18.6. The fourth-order valence-electron chi connectivity index (χ4n) is 3.60. The minimum atomic E-state index is -0.848. The maximum Gasteiger partial charge on any atom is 0.336 e. The Hall–Kier alpha value is -3.85. The molecule has 0 unspecified atom stereocenters. The summed E-state index contributed by atoms with van der Waals surface area (Å²) in [5.74, 6) is -0.681. The van der Waals surface area contributed by atoms with Gasteiger partial charge in [0, 0.05) is 28.1 Å². The monoisotopic (exact) mass is 523 g/mol. The number of hydrogen-bond acceptors (Lipinski definition) is 5. The lowest BCUT2D eigenvalue weighted by Crippen LogP contribution is -2.54. The number of imide groups is 2. The van der Waals surface area contributed by atoms with Crippen molar-refractivity contribution in [3.8, 4) is 17.2 Å². The highest BCUT2D eigenvalue weighted by molar-refractivity contribution is 9.10. The Balaban J connectivity index is 1.75. The van der Waals surface area contributed by atoms with Crippen LogP contribution in [-0.2, 0) is 9.59 Å². The average molecular weight is 524 g/mol. The Morgan fingerprint density at radius 2 is 1.76 bits per heavy atom. The van der Waals surface area contributed by atoms with Gasteiger partial charge in [-0.05, 0) is 62.4 Å². The van der Waals surface area contributed by atoms with E-state index in [4.69, 9.17) is 9.47 Å². The van der Waals surface area contributed by atoms with Gasteiger partial charge < -0.3 is 14.0 Å². The molecule has 1 aliphatic heterocycles. The third kappa shape index (κ3) is 4.60. The molecule has 0 spiro atoms. The second-order valence-corrected chi connectivity index (χ2v) is 8.15. The smallest absolute Gasteiger partial charge is 0.336 e. The first-order valence-corrected chi connectivity index (χ1v) is 11.5. The van der Waals surface area contributed by atoms with Crippen LogP contribution in [0.1, 0.15) is 19.5 Å². The van der Waals surface area contributed by atoms with Gasteiger partial charge in [0.15, 0.2) is 0 Å². The van der Waals surface area contributed by atoms with Crippen molar-refractivity contribution in [1.29, 1.82) is 0 Å². The molecule has 1 aromatic heterocycles. The van der Waals surface area contributed by atoms with Crippen LogP contribution in [0.15, 0.2) is 70.8 Å². The van der Waals surface area contributed by atoms with Crippen LogP contribution in [0.5, 0.6) is 11.5 Å². The first-order chi connectivity index (χ1) is 16.4. The van der Waals surface area contributed by atoms with Crippen LogP contribution in [0.2, 0.25) is 0 Å². The number of hydrogen-bond donors (Lipinski definition) is 1. The van der Waals surface area contributed by atoms with Crippen molar-refractivity contribution >= 4 is 45.5 Å². The lowest BCUT2D eigenvalue weighted by Gasteiger charge is -2.28. The lowest BCUT2D eigenvalue weighted by atomic mass is 10.1. The number of aromatic nitrogens is 1. The Morgan fingerprint density at radius 3 is 2.50 bits per heavy atom. The normalized spacial score (nSPS) is 15.0. The highest BCUT2D eigenvalue weighted by Gasteiger charge is 2.38. The van der Waals surface area contributed by atoms with E-state index in [9.17, 15) is 14.4 Å². The summed E-state index contributed by atoms with van der Waals surface area (Å²) in [7, 11) is 0. The molecule has 0 saturated carbocycles. The summed E-state index contributed by atoms with van der Waals surface area (Å²) in [6, 6.07) is 15.1. The third-order valence-corrected chi connectivity index (χ3v) is 5.54. The molecule has 1 fully saturated rings. The summed E-state index contributed by atoms with van der Waals surface area (Å²) in [6.45, 7) is 4.41. The van der Waals surface area contributed by atoms with Crippen molar-refractivity contribution in [3.05, 3.63) is 76.5 Å². The molecule has 4 rings (SSSR count). The van der Waals surface area contributed by atoms with Crippen molar-refractivity contribution in [2.24, 2.45) is 0 Å². The molecule has 1 saturated heterocycles. The van der Waals surface area contributed by atoms with E-state index >= 15 is 0 Å². The molecule has 8 nitrogen and oxygen atoms in total. The van der Waals surface area contributed by atoms with E-state index in [1.165, 1.54) is 6.08 Å². The molecule has 0 radical (unpaired) electrons. The van der Waals surface area contributed by atoms with Gasteiger partial charge in [0.2, 0.25) is 0 Å². The largest absolute Gasteiger partial charge is 0.494 e. The number of barbiturate groups is 1. The molecule has 34 heavy (non-hydrogen) atoms. The first-order valence-electron chi connectivity index (χ1n) is 10.7. The number of urea groups is 1. The Kier molecular flexibility index (Phi) is 6.83. The molecule has 0 atom stereocenters. The molecule has 174 valence electrons. The molecule has 0 bridgehead atoms. The van der Waals surface area contributed by atoms with E-state index in [0.717, 1.165) is 15.1 Å². The minimum absolute atomic E-state index is 0.175. The van der Waals surface area contributed by atoms with Gasteiger partial charge in [-0.15, -0.1) is 0 Å². The number of halogens is 1. The number of anilines is 1. The predicted octanol–water partition coefficient (Wildman–Crippen LogP) is 4.70. The van der Waals surface area contributed by atoms with Gasteiger partial charge in [-0.2, -0.15) is 0 Å². The van der Waals surface area contributed by atoms with Crippen molar-refractivity contribution in [2.45, 2.75) is 13.8 Å². The molecule has 2 heterocycles. The van der Waals surface area contributed by atoms with Crippen LogP contribution in [0, 0.1) is 0 Å². The second kappa shape index (κ2) is 9.96. The topological polar surface area (TPSA) is 89.9 Å². The predicted molar refractivity (Wildman–Crippen MR) is 131 cm³/mol. The van der Waals surface area contributed by atoms with E-state index in [-0.39, 0.29) is 11.3 Å². The molecule has 1 aliphatic rings. The SMILES string of the molecule is CCOc1ccc(N2C(=O)NC(=O)/C(=C\c3cccn3-c3cccc(Br)c3)C2=O)c(OCC)c1. The zero-order valence-corrected chi connectivity index (χ0v) is 20.2. The summed E-state index contributed by atoms with van der Waals surface area (Å²) in [5, 5.41) is 2.25. The van der Waals surface area contributed by atoms with Gasteiger partial charge in [0.1, 0.15) is 17.1 Å². The van der Waals surface area contributed by atoms with E-state index < -0.39 is 17.8 Å². The molecule has 9 heteroatoms. The minimum Gasteiger partial charge on any atom is -0.494 e. The number of amides is 4. The van der Waals surface area contributed by atoms with Gasteiger partial charge in [-0.1, -0.05) is 22.0 Å². The van der Waals surface area contributed by atoms with Crippen molar-refractivity contribution < 1.29 is 23.9 Å². The number of ether oxygens (including phenoxy) is 2. The fraction of sp³-hybridized carbons (Fsp3) is 0.160. The summed E-state index contributed by atoms with van der Waals surface area (Å²) < 4.78 is 13.9. The van der Waals surface area contributed by atoms with Crippen LogP contribution in [0.4, 0.5) is 10.5 Å². The van der Waals surface area contributed by atoms with Crippen LogP contribution in [0.25, 0.3) is 11.8 Å². The number of nitrogens with one attached hydrogen (secondary N) is 1. The van der Waals surface area contributed by atoms with E-state index in [1.807, 2.05) is 42.0 Å². The van der Waals surface area contributed by atoms with Crippen LogP contribution < -0.4 is 19.7 Å². The van der Waals surface area contributed by atoms with Crippen molar-refractivity contribution in [3.63, 3.8) is 0 Å². The van der Waals surface area contributed by atoms with Crippen LogP contribution >= 0.6 is 15.9 Å². The van der Waals surface area contributed by atoms with Gasteiger partial charge in [0.05, 0.1) is 18.9 Å². The number of rotatable bonds is 7.